The van der Waals surface area contributed by atoms with Crippen LogP contribution in [0, 0.1) is 5.92 Å². The first kappa shape index (κ1) is 28.4. The zero-order valence-corrected chi connectivity index (χ0v) is 19.4. The molecule has 1 unspecified atom stereocenters. The number of carbonyl (C=O) groups excluding carboxylic acids is 2. The van der Waals surface area contributed by atoms with E-state index in [0.29, 0.717) is 19.1 Å². The summed E-state index contributed by atoms with van der Waals surface area (Å²) in [6, 6.07) is 0. The van der Waals surface area contributed by atoms with Gasteiger partial charge in [0.05, 0.1) is 6.61 Å². The summed E-state index contributed by atoms with van der Waals surface area (Å²) in [5.74, 6) is 0.227. The first-order valence-electron chi connectivity index (χ1n) is 10.2. The Morgan fingerprint density at radius 3 is 1.79 bits per heavy atom. The first-order valence-corrected chi connectivity index (χ1v) is 10.2. The van der Waals surface area contributed by atoms with Crippen LogP contribution in [0.4, 0.5) is 0 Å². The molecule has 28 heavy (non-hydrogen) atoms. The molecule has 0 saturated heterocycles. The highest BCUT2D eigenvalue weighted by Gasteiger charge is 2.02. The average Bonchev–Trinajstić information content (AvgIpc) is 2.54. The minimum absolute atomic E-state index is 0.179. The maximum Gasteiger partial charge on any atom is 0.302 e. The Hall–Kier alpha value is -1.84. The van der Waals surface area contributed by atoms with Crippen LogP contribution >= 0.6 is 0 Å². The lowest BCUT2D eigenvalue weighted by molar-refractivity contribution is -0.141. The van der Waals surface area contributed by atoms with Crippen molar-refractivity contribution in [1.29, 1.82) is 0 Å². The van der Waals surface area contributed by atoms with Gasteiger partial charge in [-0.3, -0.25) is 9.59 Å². The van der Waals surface area contributed by atoms with E-state index in [-0.39, 0.29) is 11.9 Å². The highest BCUT2D eigenvalue weighted by atomic mass is 16.5. The third-order valence-corrected chi connectivity index (χ3v) is 3.94. The van der Waals surface area contributed by atoms with Gasteiger partial charge in [0, 0.05) is 13.8 Å². The molecule has 0 aromatic carbocycles. The van der Waals surface area contributed by atoms with Gasteiger partial charge in [-0.05, 0) is 78.7 Å². The fraction of sp³-hybridized carbons (Fsp3) is 0.667. The van der Waals surface area contributed by atoms with Crippen molar-refractivity contribution in [3.8, 4) is 0 Å². The van der Waals surface area contributed by atoms with Crippen LogP contribution in [0.25, 0.3) is 0 Å². The van der Waals surface area contributed by atoms with E-state index in [4.69, 9.17) is 9.47 Å². The summed E-state index contributed by atoms with van der Waals surface area (Å²) in [5, 5.41) is 0. The Kier molecular flexibility index (Phi) is 18.8. The van der Waals surface area contributed by atoms with Crippen molar-refractivity contribution < 1.29 is 19.1 Å². The highest BCUT2D eigenvalue weighted by molar-refractivity contribution is 5.66. The molecule has 0 amide bonds. The summed E-state index contributed by atoms with van der Waals surface area (Å²) in [4.78, 5) is 21.0. The van der Waals surface area contributed by atoms with Gasteiger partial charge in [-0.25, -0.2) is 0 Å². The lowest BCUT2D eigenvalue weighted by Crippen LogP contribution is -2.05. The molecular formula is C24H42O4. The summed E-state index contributed by atoms with van der Waals surface area (Å²) in [5.41, 5.74) is 3.98. The van der Waals surface area contributed by atoms with Gasteiger partial charge in [0.1, 0.15) is 6.61 Å². The molecule has 0 saturated carbocycles. The van der Waals surface area contributed by atoms with Crippen LogP contribution in [0.1, 0.15) is 87.5 Å². The van der Waals surface area contributed by atoms with Gasteiger partial charge in [0.2, 0.25) is 0 Å². The second kappa shape index (κ2) is 18.5. The Morgan fingerprint density at radius 1 is 0.750 bits per heavy atom. The molecule has 0 aliphatic heterocycles. The molecule has 0 aromatic heterocycles. The summed E-state index contributed by atoms with van der Waals surface area (Å²) in [7, 11) is 0. The van der Waals surface area contributed by atoms with Gasteiger partial charge in [-0.15, -0.1) is 0 Å². The van der Waals surface area contributed by atoms with Gasteiger partial charge in [-0.1, -0.05) is 35.8 Å². The Morgan fingerprint density at radius 2 is 1.29 bits per heavy atom. The second-order valence-electron chi connectivity index (χ2n) is 7.77. The van der Waals surface area contributed by atoms with Crippen LogP contribution in [-0.4, -0.2) is 25.2 Å². The zero-order chi connectivity index (χ0) is 21.9. The molecule has 0 bridgehead atoms. The third kappa shape index (κ3) is 26.4. The van der Waals surface area contributed by atoms with Crippen molar-refractivity contribution in [2.45, 2.75) is 87.5 Å². The maximum atomic E-state index is 10.5. The molecule has 0 heterocycles. The minimum Gasteiger partial charge on any atom is -0.466 e. The van der Waals surface area contributed by atoms with Gasteiger partial charge in [0.15, 0.2) is 0 Å². The van der Waals surface area contributed by atoms with Crippen molar-refractivity contribution in [3.63, 3.8) is 0 Å². The van der Waals surface area contributed by atoms with E-state index in [9.17, 15) is 9.59 Å². The number of hydrogen-bond acceptors (Lipinski definition) is 4. The van der Waals surface area contributed by atoms with Gasteiger partial charge in [-0.2, -0.15) is 0 Å². The van der Waals surface area contributed by atoms with Crippen molar-refractivity contribution in [3.05, 3.63) is 34.9 Å². The van der Waals surface area contributed by atoms with Crippen molar-refractivity contribution in [1.82, 2.24) is 0 Å². The molecule has 162 valence electrons. The predicted octanol–water partition coefficient (Wildman–Crippen LogP) is 6.56. The monoisotopic (exact) mass is 394 g/mol. The van der Waals surface area contributed by atoms with E-state index >= 15 is 0 Å². The summed E-state index contributed by atoms with van der Waals surface area (Å²) in [6.07, 6.45) is 11.8. The van der Waals surface area contributed by atoms with Crippen molar-refractivity contribution in [2.24, 2.45) is 5.92 Å². The van der Waals surface area contributed by atoms with Crippen molar-refractivity contribution in [2.75, 3.05) is 13.2 Å². The molecule has 0 aliphatic rings. The van der Waals surface area contributed by atoms with Crippen molar-refractivity contribution >= 4 is 11.9 Å². The van der Waals surface area contributed by atoms with Crippen LogP contribution in [-0.2, 0) is 19.1 Å². The smallest absolute Gasteiger partial charge is 0.302 e. The molecule has 1 atom stereocenters. The highest BCUT2D eigenvalue weighted by Crippen LogP contribution is 2.11. The fourth-order valence-corrected chi connectivity index (χ4v) is 2.20. The molecule has 4 nitrogen and oxygen atoms in total. The lowest BCUT2D eigenvalue weighted by Gasteiger charge is -2.09. The average molecular weight is 395 g/mol. The van der Waals surface area contributed by atoms with Crippen LogP contribution in [0.3, 0.4) is 0 Å². The molecule has 0 N–H and O–H groups in total. The van der Waals surface area contributed by atoms with Crippen LogP contribution in [0.2, 0.25) is 0 Å². The maximum absolute atomic E-state index is 10.5. The quantitative estimate of drug-likeness (QED) is 0.294. The molecule has 0 spiro atoms. The van der Waals surface area contributed by atoms with E-state index in [1.165, 1.54) is 37.0 Å². The second-order valence-corrected chi connectivity index (χ2v) is 7.77. The molecule has 4 heteroatoms. The molecule has 0 aromatic rings. The van der Waals surface area contributed by atoms with E-state index in [0.717, 1.165) is 25.7 Å². The van der Waals surface area contributed by atoms with E-state index in [2.05, 4.69) is 53.7 Å². The van der Waals surface area contributed by atoms with Gasteiger partial charge in [0.25, 0.3) is 0 Å². The molecule has 0 rings (SSSR count). The molecule has 0 radical (unpaired) electrons. The number of esters is 2. The Bertz CT molecular complexity index is 519. The van der Waals surface area contributed by atoms with E-state index in [1.54, 1.807) is 0 Å². The molecular weight excluding hydrogens is 352 g/mol. The number of allylic oxidation sites excluding steroid dienone is 5. The topological polar surface area (TPSA) is 52.6 Å². The van der Waals surface area contributed by atoms with Crippen LogP contribution in [0.5, 0.6) is 0 Å². The largest absolute Gasteiger partial charge is 0.466 e. The number of hydrogen-bond donors (Lipinski definition) is 0. The van der Waals surface area contributed by atoms with E-state index < -0.39 is 0 Å². The summed E-state index contributed by atoms with van der Waals surface area (Å²) in [6.45, 7) is 16.5. The minimum atomic E-state index is -0.224. The number of rotatable bonds is 11. The molecule has 0 fully saturated rings. The fourth-order valence-electron chi connectivity index (χ4n) is 2.20. The normalized spacial score (nSPS) is 11.5. The Labute approximate surface area is 173 Å². The summed E-state index contributed by atoms with van der Waals surface area (Å²) < 4.78 is 9.69. The predicted molar refractivity (Wildman–Crippen MR) is 118 cm³/mol. The Balaban J connectivity index is 0. The SMILES string of the molecule is CC(=O)OC/C=C(\C)CCC=C(C)C.CC(=O)OCCC(C)CCC=C(C)C. The van der Waals surface area contributed by atoms with E-state index in [1.807, 2.05) is 6.08 Å². The number of ether oxygens (including phenoxy) is 2. The number of carbonyl (C=O) groups is 2. The standard InChI is InChI=1S/C12H22O2.C12H20O2/c2*1-10(2)6-5-7-11(3)8-9-14-12(4)13/h6,11H,5,7-9H2,1-4H3;6,8H,5,7,9H2,1-4H3/b;11-8+. The third-order valence-electron chi connectivity index (χ3n) is 3.94. The zero-order valence-electron chi connectivity index (χ0n) is 19.4. The van der Waals surface area contributed by atoms with Crippen LogP contribution in [0.15, 0.2) is 34.9 Å². The molecule has 0 aliphatic carbocycles. The lowest BCUT2D eigenvalue weighted by atomic mass is 10.0. The van der Waals surface area contributed by atoms with Gasteiger partial charge >= 0.3 is 11.9 Å². The first-order chi connectivity index (χ1) is 13.0. The summed E-state index contributed by atoms with van der Waals surface area (Å²) >= 11 is 0. The van der Waals surface area contributed by atoms with Crippen LogP contribution < -0.4 is 0 Å². The van der Waals surface area contributed by atoms with Gasteiger partial charge < -0.3 is 9.47 Å².